The number of aryl methyl sites for hydroxylation is 1. The average molecular weight is 286 g/mol. The summed E-state index contributed by atoms with van der Waals surface area (Å²) in [5.41, 5.74) is 10.6. The summed E-state index contributed by atoms with van der Waals surface area (Å²) in [6.45, 7) is 0. The van der Waals surface area contributed by atoms with Gasteiger partial charge in [-0.3, -0.25) is 5.10 Å². The molecule has 0 spiro atoms. The number of hydrogen-bond donors (Lipinski definition) is 2. The summed E-state index contributed by atoms with van der Waals surface area (Å²) in [5, 5.41) is 8.02. The Kier molecular flexibility index (Phi) is 3.61. The zero-order valence-corrected chi connectivity index (χ0v) is 11.8. The van der Waals surface area contributed by atoms with Crippen molar-refractivity contribution in [3.63, 3.8) is 0 Å². The topological polar surface area (TPSA) is 54.7 Å². The molecule has 102 valence electrons. The number of aromatic amines is 1. The van der Waals surface area contributed by atoms with Gasteiger partial charge in [-0.2, -0.15) is 5.10 Å². The number of nitrogens with one attached hydrogen (secondary N) is 1. The Labute approximate surface area is 122 Å². The highest BCUT2D eigenvalue weighted by molar-refractivity contribution is 6.17. The first-order valence-electron chi connectivity index (χ1n) is 6.67. The number of rotatable bonds is 4. The number of nitrogens with zero attached hydrogens (tertiary/aromatic N) is 1. The molecule has 1 heterocycles. The lowest BCUT2D eigenvalue weighted by atomic mass is 9.95. The molecule has 3 aromatic rings. The summed E-state index contributed by atoms with van der Waals surface area (Å²) in [6, 6.07) is 14.6. The van der Waals surface area contributed by atoms with Gasteiger partial charge in [-0.15, -0.1) is 11.6 Å². The molecule has 0 saturated heterocycles. The van der Waals surface area contributed by atoms with Gasteiger partial charge in [-0.25, -0.2) is 0 Å². The van der Waals surface area contributed by atoms with E-state index in [4.69, 9.17) is 17.3 Å². The number of aromatic nitrogens is 2. The minimum atomic E-state index is 0.543. The van der Waals surface area contributed by atoms with Crippen LogP contribution in [0.3, 0.4) is 0 Å². The monoisotopic (exact) mass is 285 g/mol. The van der Waals surface area contributed by atoms with Crippen molar-refractivity contribution in [1.82, 2.24) is 10.2 Å². The normalized spacial score (nSPS) is 11.1. The van der Waals surface area contributed by atoms with Crippen molar-refractivity contribution < 1.29 is 0 Å². The van der Waals surface area contributed by atoms with E-state index >= 15 is 0 Å². The molecule has 0 aliphatic carbocycles. The average Bonchev–Trinajstić information content (AvgIpc) is 2.86. The van der Waals surface area contributed by atoms with Crippen LogP contribution in [-0.2, 0) is 6.42 Å². The maximum Gasteiger partial charge on any atom is 0.153 e. The zero-order valence-electron chi connectivity index (χ0n) is 11.1. The first kappa shape index (κ1) is 13.0. The summed E-state index contributed by atoms with van der Waals surface area (Å²) in [7, 11) is 0. The molecule has 0 unspecified atom stereocenters. The molecule has 0 aliphatic heterocycles. The summed E-state index contributed by atoms with van der Waals surface area (Å²) in [4.78, 5) is 0. The molecule has 0 saturated carbocycles. The molecule has 0 amide bonds. The number of fused-ring (bicyclic) bond motifs is 1. The van der Waals surface area contributed by atoms with Gasteiger partial charge in [0.05, 0.1) is 5.52 Å². The molecule has 3 rings (SSSR count). The van der Waals surface area contributed by atoms with Crippen LogP contribution in [0.1, 0.15) is 12.0 Å². The van der Waals surface area contributed by atoms with E-state index in [1.165, 1.54) is 16.7 Å². The lowest BCUT2D eigenvalue weighted by Gasteiger charge is -2.10. The number of hydrogen-bond acceptors (Lipinski definition) is 2. The third-order valence-electron chi connectivity index (χ3n) is 3.48. The van der Waals surface area contributed by atoms with E-state index in [0.717, 1.165) is 23.7 Å². The SMILES string of the molecule is Nc1n[nH]c2cc(CCCCl)c(-c3ccccc3)cc12. The highest BCUT2D eigenvalue weighted by Crippen LogP contribution is 2.31. The van der Waals surface area contributed by atoms with Crippen LogP contribution in [0.15, 0.2) is 42.5 Å². The van der Waals surface area contributed by atoms with Gasteiger partial charge < -0.3 is 5.73 Å². The van der Waals surface area contributed by atoms with Gasteiger partial charge in [0.15, 0.2) is 5.82 Å². The van der Waals surface area contributed by atoms with Crippen LogP contribution in [0, 0.1) is 0 Å². The molecule has 1 aromatic heterocycles. The molecule has 0 fully saturated rings. The predicted octanol–water partition coefficient (Wildman–Crippen LogP) is 3.98. The number of alkyl halides is 1. The van der Waals surface area contributed by atoms with Crippen LogP contribution < -0.4 is 5.73 Å². The van der Waals surface area contributed by atoms with Gasteiger partial charge in [0.1, 0.15) is 0 Å². The predicted molar refractivity (Wildman–Crippen MR) is 85.0 cm³/mol. The first-order chi connectivity index (χ1) is 9.79. The zero-order chi connectivity index (χ0) is 13.9. The molecule has 0 atom stereocenters. The third-order valence-corrected chi connectivity index (χ3v) is 3.75. The van der Waals surface area contributed by atoms with Crippen molar-refractivity contribution in [3.05, 3.63) is 48.0 Å². The molecule has 4 heteroatoms. The van der Waals surface area contributed by atoms with Crippen LogP contribution in [0.4, 0.5) is 5.82 Å². The highest BCUT2D eigenvalue weighted by Gasteiger charge is 2.10. The second kappa shape index (κ2) is 5.55. The standard InChI is InChI=1S/C16H16ClN3/c17-8-4-7-12-9-15-14(16(18)20-19-15)10-13(12)11-5-2-1-3-6-11/h1-3,5-6,9-10H,4,7-8H2,(H3,18,19,20). The summed E-state index contributed by atoms with van der Waals surface area (Å²) >= 11 is 5.83. The molecule has 3 nitrogen and oxygen atoms in total. The van der Waals surface area contributed by atoms with E-state index < -0.39 is 0 Å². The van der Waals surface area contributed by atoms with Gasteiger partial charge in [0, 0.05) is 11.3 Å². The first-order valence-corrected chi connectivity index (χ1v) is 7.21. The smallest absolute Gasteiger partial charge is 0.153 e. The van der Waals surface area contributed by atoms with Gasteiger partial charge in [-0.1, -0.05) is 30.3 Å². The molecular weight excluding hydrogens is 270 g/mol. The fourth-order valence-electron chi connectivity index (χ4n) is 2.48. The Balaban J connectivity index is 2.18. The second-order valence-corrected chi connectivity index (χ2v) is 5.20. The second-order valence-electron chi connectivity index (χ2n) is 4.82. The number of nitrogen functional groups attached to an aromatic ring is 1. The minimum Gasteiger partial charge on any atom is -0.382 e. The van der Waals surface area contributed by atoms with E-state index in [2.05, 4.69) is 34.5 Å². The van der Waals surface area contributed by atoms with Crippen LogP contribution in [0.2, 0.25) is 0 Å². The lowest BCUT2D eigenvalue weighted by Crippen LogP contribution is -1.92. The van der Waals surface area contributed by atoms with Crippen LogP contribution in [0.5, 0.6) is 0 Å². The number of halogens is 1. The fraction of sp³-hybridized carbons (Fsp3) is 0.188. The van der Waals surface area contributed by atoms with Crippen molar-refractivity contribution in [1.29, 1.82) is 0 Å². The largest absolute Gasteiger partial charge is 0.382 e. The van der Waals surface area contributed by atoms with E-state index in [1.54, 1.807) is 0 Å². The Morgan fingerprint density at radius 3 is 2.70 bits per heavy atom. The Morgan fingerprint density at radius 2 is 1.95 bits per heavy atom. The van der Waals surface area contributed by atoms with Gasteiger partial charge in [-0.05, 0) is 41.7 Å². The summed E-state index contributed by atoms with van der Waals surface area (Å²) in [5.74, 6) is 1.21. The van der Waals surface area contributed by atoms with E-state index in [9.17, 15) is 0 Å². The number of H-pyrrole nitrogens is 1. The molecule has 20 heavy (non-hydrogen) atoms. The maximum absolute atomic E-state index is 5.91. The van der Waals surface area contributed by atoms with Crippen molar-refractivity contribution >= 4 is 28.3 Å². The quantitative estimate of drug-likeness (QED) is 0.712. The van der Waals surface area contributed by atoms with E-state index in [1.807, 2.05) is 18.2 Å². The van der Waals surface area contributed by atoms with Gasteiger partial charge in [0.25, 0.3) is 0 Å². The van der Waals surface area contributed by atoms with Crippen molar-refractivity contribution in [2.45, 2.75) is 12.8 Å². The van der Waals surface area contributed by atoms with Crippen molar-refractivity contribution in [2.24, 2.45) is 0 Å². The fourth-order valence-corrected chi connectivity index (χ4v) is 2.61. The number of anilines is 1. The molecule has 0 bridgehead atoms. The van der Waals surface area contributed by atoms with E-state index in [0.29, 0.717) is 11.7 Å². The Morgan fingerprint density at radius 1 is 1.15 bits per heavy atom. The number of nitrogens with two attached hydrogens (primary N) is 1. The lowest BCUT2D eigenvalue weighted by molar-refractivity contribution is 0.931. The van der Waals surface area contributed by atoms with Crippen LogP contribution >= 0.6 is 11.6 Å². The molecular formula is C16H16ClN3. The maximum atomic E-state index is 5.91. The minimum absolute atomic E-state index is 0.543. The van der Waals surface area contributed by atoms with Gasteiger partial charge >= 0.3 is 0 Å². The van der Waals surface area contributed by atoms with Crippen molar-refractivity contribution in [3.8, 4) is 11.1 Å². The third kappa shape index (κ3) is 2.37. The van der Waals surface area contributed by atoms with Gasteiger partial charge in [0.2, 0.25) is 0 Å². The van der Waals surface area contributed by atoms with E-state index in [-0.39, 0.29) is 0 Å². The Hall–Kier alpha value is -2.00. The summed E-state index contributed by atoms with van der Waals surface area (Å²) in [6.07, 6.45) is 1.90. The molecule has 0 aliphatic rings. The molecule has 2 aromatic carbocycles. The molecule has 0 radical (unpaired) electrons. The molecule has 3 N–H and O–H groups in total. The highest BCUT2D eigenvalue weighted by atomic mass is 35.5. The van der Waals surface area contributed by atoms with Crippen LogP contribution in [-0.4, -0.2) is 16.1 Å². The van der Waals surface area contributed by atoms with Crippen molar-refractivity contribution in [2.75, 3.05) is 11.6 Å². The Bertz CT molecular complexity index is 719. The number of benzene rings is 2. The van der Waals surface area contributed by atoms with Crippen LogP contribution in [0.25, 0.3) is 22.0 Å². The summed E-state index contributed by atoms with van der Waals surface area (Å²) < 4.78 is 0.